The van der Waals surface area contributed by atoms with Crippen LogP contribution < -0.4 is 5.32 Å². The van der Waals surface area contributed by atoms with Crippen molar-refractivity contribution in [3.63, 3.8) is 0 Å². The second kappa shape index (κ2) is 5.88. The van der Waals surface area contributed by atoms with E-state index in [1.807, 2.05) is 37.7 Å². The van der Waals surface area contributed by atoms with Crippen molar-refractivity contribution >= 4 is 33.2 Å². The van der Waals surface area contributed by atoms with Gasteiger partial charge in [0.25, 0.3) is 0 Å². The van der Waals surface area contributed by atoms with Crippen LogP contribution in [0.25, 0.3) is 0 Å². The lowest BCUT2D eigenvalue weighted by Crippen LogP contribution is -2.24. The molecule has 0 unspecified atom stereocenters. The monoisotopic (exact) mass is 341 g/mol. The van der Waals surface area contributed by atoms with Crippen LogP contribution in [0.5, 0.6) is 0 Å². The van der Waals surface area contributed by atoms with Crippen molar-refractivity contribution in [1.29, 1.82) is 0 Å². The van der Waals surface area contributed by atoms with Gasteiger partial charge >= 0.3 is 0 Å². The molecule has 0 saturated heterocycles. The number of carbonyl (C=O) groups excluding carboxylic acids is 1. The Labute approximate surface area is 125 Å². The molecule has 1 amide bonds. The van der Waals surface area contributed by atoms with Crippen LogP contribution in [-0.2, 0) is 24.8 Å². The Hall–Kier alpha value is -1.14. The fourth-order valence-corrected chi connectivity index (χ4v) is 3.35. The lowest BCUT2D eigenvalue weighted by molar-refractivity contribution is -0.120. The summed E-state index contributed by atoms with van der Waals surface area (Å²) in [7, 11) is 1.90. The summed E-state index contributed by atoms with van der Waals surface area (Å²) in [4.78, 5) is 13.1. The van der Waals surface area contributed by atoms with Crippen LogP contribution in [0.1, 0.15) is 21.8 Å². The number of halogens is 1. The number of amides is 1. The molecule has 1 N–H and O–H groups in total. The van der Waals surface area contributed by atoms with Gasteiger partial charge in [0.2, 0.25) is 5.91 Å². The van der Waals surface area contributed by atoms with E-state index >= 15 is 0 Å². The molecule has 0 aliphatic carbocycles. The summed E-state index contributed by atoms with van der Waals surface area (Å²) in [6, 6.07) is 4.00. The van der Waals surface area contributed by atoms with Crippen molar-refractivity contribution in [2.45, 2.75) is 26.8 Å². The molecule has 0 aromatic carbocycles. The van der Waals surface area contributed by atoms with Crippen molar-refractivity contribution in [1.82, 2.24) is 15.1 Å². The van der Waals surface area contributed by atoms with Crippen molar-refractivity contribution in [3.8, 4) is 0 Å². The molecule has 0 fully saturated rings. The van der Waals surface area contributed by atoms with Crippen LogP contribution in [0.4, 0.5) is 0 Å². The zero-order chi connectivity index (χ0) is 14.0. The van der Waals surface area contributed by atoms with Crippen molar-refractivity contribution < 1.29 is 4.79 Å². The van der Waals surface area contributed by atoms with E-state index in [0.717, 1.165) is 25.6 Å². The van der Waals surface area contributed by atoms with Gasteiger partial charge in [-0.1, -0.05) is 0 Å². The van der Waals surface area contributed by atoms with Gasteiger partial charge in [0.1, 0.15) is 0 Å². The lowest BCUT2D eigenvalue weighted by Gasteiger charge is -2.04. The minimum atomic E-state index is 0.0312. The summed E-state index contributed by atoms with van der Waals surface area (Å²) in [5, 5.41) is 7.26. The number of thiophene rings is 1. The average Bonchev–Trinajstić information content (AvgIpc) is 2.86. The predicted octanol–water partition coefficient (Wildman–Crippen LogP) is 2.72. The highest BCUT2D eigenvalue weighted by Gasteiger charge is 2.13. The molecule has 6 heteroatoms. The summed E-state index contributed by atoms with van der Waals surface area (Å²) < 4.78 is 2.89. The Morgan fingerprint density at radius 3 is 2.74 bits per heavy atom. The molecule has 0 spiro atoms. The van der Waals surface area contributed by atoms with Crippen molar-refractivity contribution in [2.75, 3.05) is 0 Å². The van der Waals surface area contributed by atoms with Crippen LogP contribution in [0, 0.1) is 13.8 Å². The summed E-state index contributed by atoms with van der Waals surface area (Å²) in [6.07, 6.45) is 0.387. The number of carbonyl (C=O) groups is 1. The maximum absolute atomic E-state index is 12.0. The number of aromatic nitrogens is 2. The van der Waals surface area contributed by atoms with Gasteiger partial charge in [-0.25, -0.2) is 0 Å². The zero-order valence-corrected chi connectivity index (χ0v) is 13.6. The molecule has 0 atom stereocenters. The first-order valence-corrected chi connectivity index (χ1v) is 7.58. The topological polar surface area (TPSA) is 46.9 Å². The first-order chi connectivity index (χ1) is 8.97. The predicted molar refractivity (Wildman–Crippen MR) is 80.3 cm³/mol. The molecule has 4 nitrogen and oxygen atoms in total. The molecule has 2 aromatic heterocycles. The fourth-order valence-electron chi connectivity index (χ4n) is 1.93. The largest absolute Gasteiger partial charge is 0.351 e. The van der Waals surface area contributed by atoms with E-state index in [9.17, 15) is 4.79 Å². The third kappa shape index (κ3) is 3.45. The number of aryl methyl sites for hydroxylation is 2. The normalized spacial score (nSPS) is 10.7. The highest BCUT2D eigenvalue weighted by Crippen LogP contribution is 2.21. The molecule has 0 radical (unpaired) electrons. The Balaban J connectivity index is 1.94. The lowest BCUT2D eigenvalue weighted by atomic mass is 10.1. The van der Waals surface area contributed by atoms with Crippen LogP contribution in [0.2, 0.25) is 0 Å². The maximum atomic E-state index is 12.0. The molecule has 0 aliphatic rings. The Bertz CT molecular complexity index is 603. The standard InChI is InChI=1S/C13H16BrN3OS/c1-8-11(9(2)17(3)16-8)6-13(18)15-7-10-4-5-12(14)19-10/h4-5H,6-7H2,1-3H3,(H,15,18). The van der Waals surface area contributed by atoms with Gasteiger partial charge in [-0.2, -0.15) is 5.10 Å². The highest BCUT2D eigenvalue weighted by atomic mass is 79.9. The number of hydrogen-bond acceptors (Lipinski definition) is 3. The highest BCUT2D eigenvalue weighted by molar-refractivity contribution is 9.11. The minimum Gasteiger partial charge on any atom is -0.351 e. The molecule has 2 heterocycles. The van der Waals surface area contributed by atoms with Crippen molar-refractivity contribution in [2.24, 2.45) is 7.05 Å². The van der Waals surface area contributed by atoms with Gasteiger partial charge in [0.05, 0.1) is 22.4 Å². The summed E-state index contributed by atoms with van der Waals surface area (Å²) >= 11 is 5.04. The zero-order valence-electron chi connectivity index (χ0n) is 11.2. The van der Waals surface area contributed by atoms with Gasteiger partial charge in [-0.05, 0) is 41.9 Å². The van der Waals surface area contributed by atoms with E-state index in [-0.39, 0.29) is 5.91 Å². The molecule has 0 aliphatic heterocycles. The molecular formula is C13H16BrN3OS. The molecule has 0 bridgehead atoms. The van der Waals surface area contributed by atoms with Gasteiger partial charge in [0, 0.05) is 23.2 Å². The second-order valence-corrected chi connectivity index (χ2v) is 6.98. The van der Waals surface area contributed by atoms with Crippen LogP contribution in [0.15, 0.2) is 15.9 Å². The van der Waals surface area contributed by atoms with E-state index in [1.165, 1.54) is 0 Å². The van der Waals surface area contributed by atoms with Crippen LogP contribution in [0.3, 0.4) is 0 Å². The summed E-state index contributed by atoms with van der Waals surface area (Å²) in [5.41, 5.74) is 2.99. The summed E-state index contributed by atoms with van der Waals surface area (Å²) in [5.74, 6) is 0.0312. The molecule has 19 heavy (non-hydrogen) atoms. The van der Waals surface area contributed by atoms with Gasteiger partial charge in [-0.15, -0.1) is 11.3 Å². The van der Waals surface area contributed by atoms with Gasteiger partial charge in [0.15, 0.2) is 0 Å². The Morgan fingerprint density at radius 2 is 2.21 bits per heavy atom. The van der Waals surface area contributed by atoms with Crippen LogP contribution >= 0.6 is 27.3 Å². The first kappa shape index (κ1) is 14.3. The minimum absolute atomic E-state index is 0.0312. The second-order valence-electron chi connectivity index (χ2n) is 4.43. The Kier molecular flexibility index (Phi) is 4.42. The quantitative estimate of drug-likeness (QED) is 0.929. The average molecular weight is 342 g/mol. The molecule has 102 valence electrons. The third-order valence-electron chi connectivity index (χ3n) is 3.08. The molecule has 2 aromatic rings. The number of hydrogen-bond donors (Lipinski definition) is 1. The molecule has 0 saturated carbocycles. The molecular weight excluding hydrogens is 326 g/mol. The van der Waals surface area contributed by atoms with E-state index < -0.39 is 0 Å². The van der Waals surface area contributed by atoms with E-state index in [1.54, 1.807) is 11.3 Å². The number of rotatable bonds is 4. The summed E-state index contributed by atoms with van der Waals surface area (Å²) in [6.45, 7) is 4.50. The van der Waals surface area contributed by atoms with Crippen LogP contribution in [-0.4, -0.2) is 15.7 Å². The van der Waals surface area contributed by atoms with E-state index in [0.29, 0.717) is 13.0 Å². The Morgan fingerprint density at radius 1 is 1.47 bits per heavy atom. The smallest absolute Gasteiger partial charge is 0.224 e. The molecule has 2 rings (SSSR count). The maximum Gasteiger partial charge on any atom is 0.224 e. The van der Waals surface area contributed by atoms with Crippen molar-refractivity contribution in [3.05, 3.63) is 37.7 Å². The third-order valence-corrected chi connectivity index (χ3v) is 4.71. The fraction of sp³-hybridized carbons (Fsp3) is 0.385. The SMILES string of the molecule is Cc1nn(C)c(C)c1CC(=O)NCc1ccc(Br)s1. The van der Waals surface area contributed by atoms with Gasteiger partial charge in [-0.3, -0.25) is 9.48 Å². The van der Waals surface area contributed by atoms with Gasteiger partial charge < -0.3 is 5.32 Å². The number of nitrogens with zero attached hydrogens (tertiary/aromatic N) is 2. The van der Waals surface area contributed by atoms with E-state index in [2.05, 4.69) is 26.3 Å². The number of nitrogens with one attached hydrogen (secondary N) is 1. The van der Waals surface area contributed by atoms with E-state index in [4.69, 9.17) is 0 Å². The first-order valence-electron chi connectivity index (χ1n) is 5.97.